The molecule has 1 aliphatic rings. The number of aromatic hydroxyl groups is 1. The van der Waals surface area contributed by atoms with Gasteiger partial charge in [0.25, 0.3) is 5.91 Å². The first-order valence-electron chi connectivity index (χ1n) is 13.0. The second-order valence-corrected chi connectivity index (χ2v) is 10.0. The van der Waals surface area contributed by atoms with Crippen LogP contribution in [0.3, 0.4) is 0 Å². The van der Waals surface area contributed by atoms with Crippen LogP contribution in [0.15, 0.2) is 61.3 Å². The lowest BCUT2D eigenvalue weighted by molar-refractivity contribution is 0.0701. The van der Waals surface area contributed by atoms with Crippen molar-refractivity contribution in [2.24, 2.45) is 7.05 Å². The number of nitrogens with two attached hydrogens (primary N) is 1. The molecule has 11 heteroatoms. The Labute approximate surface area is 229 Å². The summed E-state index contributed by atoms with van der Waals surface area (Å²) < 4.78 is 3.48. The van der Waals surface area contributed by atoms with Crippen molar-refractivity contribution < 1.29 is 14.7 Å². The molecular weight excluding hydrogens is 508 g/mol. The molecule has 0 radical (unpaired) electrons. The Bertz CT molecular complexity index is 1750. The summed E-state index contributed by atoms with van der Waals surface area (Å²) >= 11 is 0. The Morgan fingerprint density at radius 3 is 2.50 bits per heavy atom. The highest BCUT2D eigenvalue weighted by atomic mass is 16.3. The molecular formula is C29H28N8O3. The van der Waals surface area contributed by atoms with E-state index >= 15 is 0 Å². The predicted octanol–water partition coefficient (Wildman–Crippen LogP) is 3.70. The largest absolute Gasteiger partial charge is 0.505 e. The van der Waals surface area contributed by atoms with Crippen LogP contribution < -0.4 is 5.73 Å². The van der Waals surface area contributed by atoms with Gasteiger partial charge in [-0.25, -0.2) is 9.97 Å². The Morgan fingerprint density at radius 1 is 1.05 bits per heavy atom. The first-order valence-corrected chi connectivity index (χ1v) is 13.0. The number of piperidine rings is 1. The topological polar surface area (TPSA) is 145 Å². The first kappa shape index (κ1) is 25.2. The van der Waals surface area contributed by atoms with Crippen molar-refractivity contribution in [2.45, 2.75) is 25.7 Å². The number of carbonyl (C=O) groups is 2. The molecule has 3 N–H and O–H groups in total. The van der Waals surface area contributed by atoms with Gasteiger partial charge >= 0.3 is 0 Å². The number of Topliss-reactive ketones (excluding diaryl/α,β-unsaturated/α-hetero) is 1. The highest BCUT2D eigenvalue weighted by Crippen LogP contribution is 2.35. The number of nitrogens with zero attached hydrogens (tertiary/aromatic N) is 7. The molecule has 5 aromatic heterocycles. The molecule has 202 valence electrons. The van der Waals surface area contributed by atoms with Crippen molar-refractivity contribution >= 4 is 23.2 Å². The van der Waals surface area contributed by atoms with Gasteiger partial charge in [-0.2, -0.15) is 9.61 Å². The zero-order valence-electron chi connectivity index (χ0n) is 22.2. The molecule has 0 bridgehead atoms. The van der Waals surface area contributed by atoms with Crippen molar-refractivity contribution in [3.63, 3.8) is 0 Å². The minimum absolute atomic E-state index is 0.0324. The summed E-state index contributed by atoms with van der Waals surface area (Å²) in [5.74, 6) is -0.507. The molecule has 0 spiro atoms. The summed E-state index contributed by atoms with van der Waals surface area (Å²) in [6, 6.07) is 8.95. The lowest BCUT2D eigenvalue weighted by Crippen LogP contribution is -2.38. The summed E-state index contributed by atoms with van der Waals surface area (Å²) in [5, 5.41) is 14.5. The fourth-order valence-corrected chi connectivity index (χ4v) is 5.34. The third-order valence-electron chi connectivity index (χ3n) is 7.42. The van der Waals surface area contributed by atoms with Crippen molar-refractivity contribution in [3.8, 4) is 28.1 Å². The van der Waals surface area contributed by atoms with Crippen molar-refractivity contribution in [1.82, 2.24) is 34.0 Å². The van der Waals surface area contributed by atoms with Crippen LogP contribution in [0, 0.1) is 0 Å². The summed E-state index contributed by atoms with van der Waals surface area (Å²) in [6.45, 7) is 2.34. The number of fused-ring (bicyclic) bond motifs is 1. The van der Waals surface area contributed by atoms with Crippen LogP contribution in [0.4, 0.5) is 5.82 Å². The summed E-state index contributed by atoms with van der Waals surface area (Å²) in [7, 11) is 1.97. The molecule has 1 aliphatic heterocycles. The fourth-order valence-electron chi connectivity index (χ4n) is 5.34. The highest BCUT2D eigenvalue weighted by Gasteiger charge is 2.31. The predicted molar refractivity (Wildman–Crippen MR) is 149 cm³/mol. The maximum absolute atomic E-state index is 12.9. The second kappa shape index (κ2) is 9.92. The van der Waals surface area contributed by atoms with Gasteiger partial charge in [0.2, 0.25) is 0 Å². The van der Waals surface area contributed by atoms with E-state index < -0.39 is 0 Å². The van der Waals surface area contributed by atoms with E-state index in [1.807, 2.05) is 42.2 Å². The number of hydrogen-bond donors (Lipinski definition) is 2. The Hall–Kier alpha value is -5.06. The number of amides is 1. The lowest BCUT2D eigenvalue weighted by Gasteiger charge is -2.32. The van der Waals surface area contributed by atoms with Gasteiger partial charge in [0.15, 0.2) is 17.1 Å². The van der Waals surface area contributed by atoms with Crippen LogP contribution in [0.2, 0.25) is 0 Å². The van der Waals surface area contributed by atoms with Crippen LogP contribution in [-0.4, -0.2) is 63.9 Å². The number of ketones is 1. The smallest absolute Gasteiger partial charge is 0.276 e. The van der Waals surface area contributed by atoms with Gasteiger partial charge in [-0.15, -0.1) is 0 Å². The minimum Gasteiger partial charge on any atom is -0.505 e. The number of rotatable bonds is 5. The van der Waals surface area contributed by atoms with Crippen LogP contribution in [0.1, 0.15) is 52.2 Å². The van der Waals surface area contributed by atoms with Crippen LogP contribution in [0.5, 0.6) is 5.75 Å². The molecule has 6 heterocycles. The molecule has 1 saturated heterocycles. The van der Waals surface area contributed by atoms with Gasteiger partial charge < -0.3 is 20.3 Å². The van der Waals surface area contributed by atoms with Gasteiger partial charge in [-0.05, 0) is 44.0 Å². The van der Waals surface area contributed by atoms with E-state index in [1.165, 1.54) is 23.7 Å². The van der Waals surface area contributed by atoms with E-state index in [0.29, 0.717) is 42.8 Å². The van der Waals surface area contributed by atoms with Gasteiger partial charge in [0, 0.05) is 67.5 Å². The quantitative estimate of drug-likeness (QED) is 0.324. The molecule has 1 fully saturated rings. The summed E-state index contributed by atoms with van der Waals surface area (Å²) in [4.78, 5) is 41.0. The normalized spacial score (nSPS) is 14.1. The Morgan fingerprint density at radius 2 is 1.85 bits per heavy atom. The molecule has 11 nitrogen and oxygen atoms in total. The van der Waals surface area contributed by atoms with Gasteiger partial charge in [0.05, 0.1) is 23.1 Å². The number of aromatic nitrogens is 6. The summed E-state index contributed by atoms with van der Waals surface area (Å²) in [6.07, 6.45) is 10.1. The molecule has 6 rings (SSSR count). The van der Waals surface area contributed by atoms with Crippen LogP contribution in [-0.2, 0) is 7.05 Å². The molecule has 1 amide bonds. The van der Waals surface area contributed by atoms with E-state index in [-0.39, 0.29) is 34.9 Å². The minimum atomic E-state index is -0.323. The zero-order valence-corrected chi connectivity index (χ0v) is 22.2. The van der Waals surface area contributed by atoms with Crippen molar-refractivity contribution in [1.29, 1.82) is 0 Å². The second-order valence-electron chi connectivity index (χ2n) is 10.0. The number of hydrogen-bond acceptors (Lipinski definition) is 8. The highest BCUT2D eigenvalue weighted by molar-refractivity contribution is 6.00. The number of aryl methyl sites for hydroxylation is 1. The monoisotopic (exact) mass is 536 g/mol. The Kier molecular flexibility index (Phi) is 6.25. The third-order valence-corrected chi connectivity index (χ3v) is 7.42. The molecule has 0 aromatic carbocycles. The fraction of sp³-hybridized carbons (Fsp3) is 0.241. The van der Waals surface area contributed by atoms with Crippen molar-refractivity contribution in [2.75, 3.05) is 18.8 Å². The third kappa shape index (κ3) is 4.35. The maximum atomic E-state index is 12.9. The average molecular weight is 537 g/mol. The van der Waals surface area contributed by atoms with Crippen LogP contribution in [0.25, 0.3) is 28.0 Å². The standard InChI is InChI=1S/C29H28N8O3/c1-17(38)24-25(18-8-12-36(13-9-18)29(40)26-23(39)4-3-10-31-26)34-28-21(15-33-37(28)27(24)30)19-5-6-22(32-14-19)20-7-11-35(2)16-20/h3-7,10-11,14-16,18,39H,8-9,12-13,30H2,1-2H3. The number of likely N-dealkylation sites (tertiary alicyclic amines) is 1. The Balaban J connectivity index is 1.32. The molecule has 5 aromatic rings. The SMILES string of the molecule is CC(=O)c1c(C2CCN(C(=O)c3ncccc3O)CC2)nc2c(-c3ccc(-c4ccn(C)c4)nc3)cnn2c1N. The van der Waals surface area contributed by atoms with Crippen molar-refractivity contribution in [3.05, 3.63) is 78.3 Å². The lowest BCUT2D eigenvalue weighted by atomic mass is 9.89. The van der Waals surface area contributed by atoms with E-state index in [4.69, 9.17) is 10.7 Å². The van der Waals surface area contributed by atoms with E-state index in [0.717, 1.165) is 22.4 Å². The molecule has 0 atom stereocenters. The number of anilines is 1. The number of nitrogen functional groups attached to an aromatic ring is 1. The molecule has 40 heavy (non-hydrogen) atoms. The zero-order chi connectivity index (χ0) is 28.0. The first-order chi connectivity index (χ1) is 19.3. The molecule has 0 unspecified atom stereocenters. The van der Waals surface area contributed by atoms with E-state index in [2.05, 4.69) is 15.1 Å². The maximum Gasteiger partial charge on any atom is 0.276 e. The summed E-state index contributed by atoms with van der Waals surface area (Å²) in [5.41, 5.74) is 11.5. The molecule has 0 saturated carbocycles. The number of pyridine rings is 2. The van der Waals surface area contributed by atoms with E-state index in [9.17, 15) is 14.7 Å². The van der Waals surface area contributed by atoms with Crippen LogP contribution >= 0.6 is 0 Å². The number of carbonyl (C=O) groups excluding carboxylic acids is 2. The van der Waals surface area contributed by atoms with Gasteiger partial charge in [-0.3, -0.25) is 14.6 Å². The van der Waals surface area contributed by atoms with Gasteiger partial charge in [0.1, 0.15) is 11.6 Å². The van der Waals surface area contributed by atoms with E-state index in [1.54, 1.807) is 23.4 Å². The average Bonchev–Trinajstić information content (AvgIpc) is 3.59. The molecule has 0 aliphatic carbocycles. The van der Waals surface area contributed by atoms with Gasteiger partial charge in [-0.1, -0.05) is 6.07 Å².